The number of rotatable bonds is 23. The molecule has 4 fully saturated rings. The minimum Gasteiger partial charge on any atom is -0.481 e. The van der Waals surface area contributed by atoms with Gasteiger partial charge in [0.25, 0.3) is 0 Å². The molecule has 0 aromatic heterocycles. The predicted octanol–water partition coefficient (Wildman–Crippen LogP) is -2.03. The van der Waals surface area contributed by atoms with Gasteiger partial charge in [-0.3, -0.25) is 33.6 Å². The fraction of sp³-hybridized carbons (Fsp3) is 0.722. The van der Waals surface area contributed by atoms with Crippen LogP contribution in [0.4, 0.5) is 4.79 Å². The smallest absolute Gasteiger partial charge is 0.315 e. The number of thioether (sulfide) groups is 1. The lowest BCUT2D eigenvalue weighted by molar-refractivity contribution is -0.262. The Kier molecular flexibility index (Phi) is 19.4. The van der Waals surface area contributed by atoms with Crippen LogP contribution in [-0.4, -0.2) is 154 Å². The van der Waals surface area contributed by atoms with E-state index < -0.39 is 73.3 Å². The maximum atomic E-state index is 12.5. The summed E-state index contributed by atoms with van der Waals surface area (Å²) in [6.45, 7) is -1.49. The number of carbonyl (C=O) groups excluding carboxylic acids is 7. The summed E-state index contributed by atoms with van der Waals surface area (Å²) in [6.07, 6.45) is 2.25. The molecular weight excluding hydrogens is 897 g/mol. The Morgan fingerprint density at radius 3 is 2.28 bits per heavy atom. The highest BCUT2D eigenvalue weighted by Crippen LogP contribution is 2.34. The van der Waals surface area contributed by atoms with Crippen LogP contribution in [0.1, 0.15) is 57.8 Å². The van der Waals surface area contributed by atoms with Gasteiger partial charge < -0.3 is 62.0 Å². The summed E-state index contributed by atoms with van der Waals surface area (Å²) in [5.74, 6) is -3.27. The van der Waals surface area contributed by atoms with Gasteiger partial charge in [0, 0.05) is 42.7 Å². The van der Waals surface area contributed by atoms with Gasteiger partial charge in [-0.2, -0.15) is 11.8 Å². The number of Topliss-reactive ketones (excluding diaryl/α,β-unsaturated/α-hetero) is 1. The van der Waals surface area contributed by atoms with Gasteiger partial charge in [-0.05, 0) is 38.0 Å². The summed E-state index contributed by atoms with van der Waals surface area (Å²) < 4.78 is 11.7. The lowest BCUT2D eigenvalue weighted by Gasteiger charge is -2.42. The number of alkyl halides is 1. The highest BCUT2D eigenvalue weighted by atomic mass is 127. The van der Waals surface area contributed by atoms with E-state index in [4.69, 9.17) is 14.6 Å². The fourth-order valence-corrected chi connectivity index (χ4v) is 9.07. The van der Waals surface area contributed by atoms with Crippen molar-refractivity contribution in [1.29, 1.82) is 0 Å². The second kappa shape index (κ2) is 23.9. The molecule has 3 aliphatic heterocycles. The normalized spacial score (nSPS) is 28.9. The van der Waals surface area contributed by atoms with Gasteiger partial charge in [0.05, 0.1) is 42.8 Å². The maximum Gasteiger partial charge on any atom is 0.315 e. The van der Waals surface area contributed by atoms with Crippen LogP contribution in [0.25, 0.3) is 0 Å². The van der Waals surface area contributed by atoms with Gasteiger partial charge in [0.1, 0.15) is 30.1 Å². The van der Waals surface area contributed by atoms with Crippen molar-refractivity contribution in [2.45, 2.75) is 106 Å². The van der Waals surface area contributed by atoms with Gasteiger partial charge in [-0.15, -0.1) is 0 Å². The number of carbonyl (C=O) groups is 8. The van der Waals surface area contributed by atoms with E-state index >= 15 is 0 Å². The molecule has 3 saturated heterocycles. The van der Waals surface area contributed by atoms with E-state index in [0.29, 0.717) is 37.4 Å². The van der Waals surface area contributed by atoms with Gasteiger partial charge in [-0.25, -0.2) is 4.79 Å². The Morgan fingerprint density at radius 2 is 1.59 bits per heavy atom. The summed E-state index contributed by atoms with van der Waals surface area (Å²) in [5, 5.41) is 49.2. The van der Waals surface area contributed by atoms with E-state index in [9.17, 15) is 48.6 Å². The molecule has 10 atom stereocenters. The summed E-state index contributed by atoms with van der Waals surface area (Å²) in [6, 6.07) is -1.04. The number of fused-ring (bicyclic) bond motifs is 1. The lowest BCUT2D eigenvalue weighted by atomic mass is 9.89. The van der Waals surface area contributed by atoms with Crippen molar-refractivity contribution in [2.24, 2.45) is 11.8 Å². The van der Waals surface area contributed by atoms with Crippen LogP contribution in [0, 0.1) is 11.8 Å². The number of aliphatic hydroxyl groups excluding tert-OH is 2. The highest BCUT2D eigenvalue weighted by molar-refractivity contribution is 14.1. The van der Waals surface area contributed by atoms with E-state index in [1.54, 1.807) is 23.9 Å². The number of ether oxygens (including phenoxy) is 2. The molecule has 4 aliphatic rings. The monoisotopic (exact) mass is 951 g/mol. The Balaban J connectivity index is 1.10. The molecule has 58 heavy (non-hydrogen) atoms. The summed E-state index contributed by atoms with van der Waals surface area (Å²) >= 11 is 3.63. The molecule has 0 unspecified atom stereocenters. The standard InChI is InChI=1S/C36H54IN7O13S/c37-13-26(47)43-32-34(54)33(53)23(57-35(32)56-11-5-1-2-6-20-19(12-30(51)52)9-10-22(20)45)14-38-27(48)16-40-29(50)17-41-28(49)15-39-25(46)8-4-3-7-24-31-21(18-58-24)42-36(55)44-31/h1-2,19-21,23-24,31-35,53-54H,3-18H2,(H,38,48)(H,39,46)(H,40,50)(H,41,49)(H,43,47)(H,51,52)(H2,42,44,55)/b2-1-/t19-,20-,21+,23-,24+,31+,32-,33+,34-,35-/m1/s1. The number of aliphatic carboxylic acids is 1. The number of ketones is 1. The largest absolute Gasteiger partial charge is 0.481 e. The molecule has 10 N–H and O–H groups in total. The molecule has 4 rings (SSSR count). The van der Waals surface area contributed by atoms with Crippen LogP contribution in [0.2, 0.25) is 0 Å². The first-order chi connectivity index (χ1) is 27.7. The number of carboxylic acids is 1. The number of nitrogens with one attached hydrogen (secondary N) is 7. The number of hydrogen-bond acceptors (Lipinski definition) is 13. The van der Waals surface area contributed by atoms with Crippen molar-refractivity contribution in [2.75, 3.05) is 43.0 Å². The molecule has 324 valence electrons. The molecule has 0 radical (unpaired) electrons. The van der Waals surface area contributed by atoms with Crippen molar-refractivity contribution < 1.29 is 63.1 Å². The fourth-order valence-electron chi connectivity index (χ4n) is 7.30. The Bertz CT molecular complexity index is 1530. The van der Waals surface area contributed by atoms with Gasteiger partial charge >= 0.3 is 12.0 Å². The molecule has 20 nitrogen and oxygen atoms in total. The second-order valence-corrected chi connectivity index (χ2v) is 16.6. The predicted molar refractivity (Wildman–Crippen MR) is 215 cm³/mol. The number of halogens is 1. The third-order valence-corrected chi connectivity index (χ3v) is 12.6. The van der Waals surface area contributed by atoms with Gasteiger partial charge in [0.15, 0.2) is 6.29 Å². The number of allylic oxidation sites excluding steroid dienone is 1. The van der Waals surface area contributed by atoms with Crippen molar-refractivity contribution in [3.8, 4) is 0 Å². The third-order valence-electron chi connectivity index (χ3n) is 10.4. The first kappa shape index (κ1) is 47.1. The average Bonchev–Trinajstić information content (AvgIpc) is 3.86. The van der Waals surface area contributed by atoms with Crippen LogP contribution < -0.4 is 37.2 Å². The van der Waals surface area contributed by atoms with Crippen molar-refractivity contribution in [3.05, 3.63) is 12.2 Å². The molecule has 0 aromatic rings. The quantitative estimate of drug-likeness (QED) is 0.0174. The first-order valence-corrected chi connectivity index (χ1v) is 22.0. The number of hydrogen-bond donors (Lipinski definition) is 10. The molecule has 0 aromatic carbocycles. The van der Waals surface area contributed by atoms with E-state index in [0.717, 1.165) is 18.6 Å². The minimum atomic E-state index is -1.54. The van der Waals surface area contributed by atoms with Crippen molar-refractivity contribution >= 4 is 81.7 Å². The molecule has 3 heterocycles. The molecule has 1 aliphatic carbocycles. The molecule has 0 bridgehead atoms. The number of urea groups is 1. The lowest BCUT2D eigenvalue weighted by Crippen LogP contribution is -2.65. The Morgan fingerprint density at radius 1 is 0.897 bits per heavy atom. The molecular formula is C36H54IN7O13S. The number of aliphatic hydroxyl groups is 2. The summed E-state index contributed by atoms with van der Waals surface area (Å²) in [7, 11) is 0. The number of amides is 7. The zero-order valence-corrected chi connectivity index (χ0v) is 34.9. The van der Waals surface area contributed by atoms with Crippen LogP contribution in [0.15, 0.2) is 12.2 Å². The van der Waals surface area contributed by atoms with E-state index in [2.05, 4.69) is 37.2 Å². The molecule has 7 amide bonds. The van der Waals surface area contributed by atoms with E-state index in [1.165, 1.54) is 0 Å². The topological polar surface area (TPSA) is 300 Å². The first-order valence-electron chi connectivity index (χ1n) is 19.4. The Labute approximate surface area is 353 Å². The van der Waals surface area contributed by atoms with Gasteiger partial charge in [0.2, 0.25) is 29.5 Å². The van der Waals surface area contributed by atoms with Crippen LogP contribution in [0.5, 0.6) is 0 Å². The maximum absolute atomic E-state index is 12.5. The highest BCUT2D eigenvalue weighted by Gasteiger charge is 2.46. The second-order valence-electron chi connectivity index (χ2n) is 14.6. The van der Waals surface area contributed by atoms with Gasteiger partial charge in [-0.1, -0.05) is 41.2 Å². The SMILES string of the molecule is O=C(O)C[C@H]1CCC(=O)[C@@H]1C/C=C\CCO[C@@H]1O[C@H](CNC(=O)CNC(=O)CNC(=O)CNC(=O)CCCC[C@@H]2SC[C@@H]3NC(=O)N[C@@H]32)[C@H](O)[C@H](O)[C@H]1NC(=O)CI. The molecule has 1 saturated carbocycles. The number of unbranched alkanes of at least 4 members (excludes halogenated alkanes) is 1. The van der Waals surface area contributed by atoms with E-state index in [1.807, 2.05) is 22.6 Å². The zero-order valence-electron chi connectivity index (χ0n) is 32.0. The van der Waals surface area contributed by atoms with Crippen LogP contribution in [0.3, 0.4) is 0 Å². The molecule has 22 heteroatoms. The van der Waals surface area contributed by atoms with Crippen molar-refractivity contribution in [1.82, 2.24) is 37.2 Å². The van der Waals surface area contributed by atoms with Crippen LogP contribution >= 0.6 is 34.4 Å². The zero-order chi connectivity index (χ0) is 42.2. The van der Waals surface area contributed by atoms with E-state index in [-0.39, 0.29) is 78.6 Å². The van der Waals surface area contributed by atoms with Crippen molar-refractivity contribution in [3.63, 3.8) is 0 Å². The van der Waals surface area contributed by atoms with Crippen LogP contribution in [-0.2, 0) is 43.0 Å². The minimum absolute atomic E-state index is 0.0452. The summed E-state index contributed by atoms with van der Waals surface area (Å²) in [4.78, 5) is 96.1. The average molecular weight is 952 g/mol. The Hall–Kier alpha value is -3.58. The summed E-state index contributed by atoms with van der Waals surface area (Å²) in [5.41, 5.74) is 0. The molecule has 0 spiro atoms. The number of carboxylic acid groups (broad SMARTS) is 1. The third kappa shape index (κ3) is 14.9.